The van der Waals surface area contributed by atoms with Gasteiger partial charge in [-0.1, -0.05) is 18.2 Å². The molecule has 0 radical (unpaired) electrons. The van der Waals surface area contributed by atoms with E-state index in [-0.39, 0.29) is 6.61 Å². The van der Waals surface area contributed by atoms with Crippen molar-refractivity contribution in [1.82, 2.24) is 9.80 Å². The van der Waals surface area contributed by atoms with Crippen LogP contribution >= 0.6 is 0 Å². The number of likely N-dealkylation sites (tertiary alicyclic amines) is 1. The number of aliphatic hydroxyl groups excluding tert-OH is 2. The Morgan fingerprint density at radius 1 is 1.29 bits per heavy atom. The van der Waals surface area contributed by atoms with E-state index in [9.17, 15) is 5.11 Å². The lowest BCUT2D eigenvalue weighted by molar-refractivity contribution is 0.0576. The summed E-state index contributed by atoms with van der Waals surface area (Å²) in [5.41, 5.74) is 1.28. The summed E-state index contributed by atoms with van der Waals surface area (Å²) in [6.07, 6.45) is 2.80. The normalized spacial score (nSPS) is 18.0. The lowest BCUT2D eigenvalue weighted by Gasteiger charge is -2.34. The van der Waals surface area contributed by atoms with Crippen molar-refractivity contribution in [3.05, 3.63) is 29.8 Å². The van der Waals surface area contributed by atoms with Crippen molar-refractivity contribution in [3.8, 4) is 5.75 Å². The molecule has 1 aromatic rings. The first kappa shape index (κ1) is 19.2. The number of para-hydroxylation sites is 1. The third-order valence-corrected chi connectivity index (χ3v) is 4.90. The number of likely N-dealkylation sites (N-methyl/N-ethyl adjacent to an activating group) is 1. The van der Waals surface area contributed by atoms with Crippen molar-refractivity contribution in [2.24, 2.45) is 5.92 Å². The van der Waals surface area contributed by atoms with E-state index in [1.807, 2.05) is 19.2 Å². The number of rotatable bonds is 9. The zero-order valence-corrected chi connectivity index (χ0v) is 15.0. The molecule has 1 saturated heterocycles. The van der Waals surface area contributed by atoms with Crippen molar-refractivity contribution in [2.75, 3.05) is 53.5 Å². The average molecular weight is 336 g/mol. The first-order chi connectivity index (χ1) is 11.6. The van der Waals surface area contributed by atoms with E-state index in [1.54, 1.807) is 7.11 Å². The molecule has 1 aromatic carbocycles. The fourth-order valence-electron chi connectivity index (χ4n) is 3.51. The third-order valence-electron chi connectivity index (χ3n) is 4.90. The molecule has 0 aromatic heterocycles. The largest absolute Gasteiger partial charge is 0.496 e. The molecule has 0 unspecified atom stereocenters. The van der Waals surface area contributed by atoms with Gasteiger partial charge >= 0.3 is 0 Å². The molecule has 1 aliphatic heterocycles. The van der Waals surface area contributed by atoms with E-state index >= 15 is 0 Å². The molecule has 0 bridgehead atoms. The van der Waals surface area contributed by atoms with Crippen LogP contribution in [0.25, 0.3) is 0 Å². The Morgan fingerprint density at radius 3 is 2.67 bits per heavy atom. The molecule has 0 aliphatic carbocycles. The van der Waals surface area contributed by atoms with Gasteiger partial charge in [-0.15, -0.1) is 0 Å². The second-order valence-electron chi connectivity index (χ2n) is 6.90. The van der Waals surface area contributed by atoms with Gasteiger partial charge in [0.2, 0.25) is 0 Å². The minimum atomic E-state index is -0.629. The molecule has 1 fully saturated rings. The van der Waals surface area contributed by atoms with Gasteiger partial charge in [0.15, 0.2) is 0 Å². The van der Waals surface area contributed by atoms with Crippen LogP contribution in [0.2, 0.25) is 0 Å². The Bertz CT molecular complexity index is 475. The summed E-state index contributed by atoms with van der Waals surface area (Å²) < 4.78 is 5.42. The molecule has 5 nitrogen and oxygen atoms in total. The Balaban J connectivity index is 1.69. The van der Waals surface area contributed by atoms with Crippen molar-refractivity contribution < 1.29 is 14.9 Å². The number of hydrogen-bond acceptors (Lipinski definition) is 5. The van der Waals surface area contributed by atoms with Gasteiger partial charge in [0.25, 0.3) is 0 Å². The van der Waals surface area contributed by atoms with E-state index in [0.29, 0.717) is 12.5 Å². The standard InChI is InChI=1S/C19H32N2O3/c1-20(14-18(23)15-22)13-16-7-10-21(11-8-16)12-9-17-5-3-4-6-19(17)24-2/h3-6,16,18,22-23H,7-15H2,1-2H3/t18-/m0/s1. The number of aliphatic hydroxyl groups is 2. The van der Waals surface area contributed by atoms with E-state index in [4.69, 9.17) is 9.84 Å². The van der Waals surface area contributed by atoms with Gasteiger partial charge < -0.3 is 24.7 Å². The number of piperidine rings is 1. The molecule has 136 valence electrons. The van der Waals surface area contributed by atoms with Crippen LogP contribution in [-0.4, -0.2) is 79.6 Å². The Kier molecular flexibility index (Phi) is 7.99. The average Bonchev–Trinajstić information content (AvgIpc) is 2.61. The van der Waals surface area contributed by atoms with Gasteiger partial charge in [0, 0.05) is 19.6 Å². The zero-order chi connectivity index (χ0) is 17.4. The van der Waals surface area contributed by atoms with Crippen LogP contribution in [0.4, 0.5) is 0 Å². The zero-order valence-electron chi connectivity index (χ0n) is 15.0. The summed E-state index contributed by atoms with van der Waals surface area (Å²) in [7, 11) is 3.75. The smallest absolute Gasteiger partial charge is 0.122 e. The predicted molar refractivity (Wildman–Crippen MR) is 96.5 cm³/mol. The van der Waals surface area contributed by atoms with Gasteiger partial charge in [0.1, 0.15) is 5.75 Å². The number of benzene rings is 1. The highest BCUT2D eigenvalue weighted by Gasteiger charge is 2.21. The third kappa shape index (κ3) is 6.06. The highest BCUT2D eigenvalue weighted by Crippen LogP contribution is 2.21. The molecular formula is C19H32N2O3. The second-order valence-corrected chi connectivity index (χ2v) is 6.90. The highest BCUT2D eigenvalue weighted by atomic mass is 16.5. The lowest BCUT2D eigenvalue weighted by Crippen LogP contribution is -2.40. The number of hydrogen-bond donors (Lipinski definition) is 2. The summed E-state index contributed by atoms with van der Waals surface area (Å²) >= 11 is 0. The van der Waals surface area contributed by atoms with E-state index in [1.165, 1.54) is 18.4 Å². The van der Waals surface area contributed by atoms with Crippen molar-refractivity contribution in [2.45, 2.75) is 25.4 Å². The van der Waals surface area contributed by atoms with Crippen LogP contribution in [-0.2, 0) is 6.42 Å². The van der Waals surface area contributed by atoms with Crippen LogP contribution < -0.4 is 4.74 Å². The molecule has 1 heterocycles. The lowest BCUT2D eigenvalue weighted by atomic mass is 9.96. The first-order valence-electron chi connectivity index (χ1n) is 8.94. The molecule has 2 rings (SSSR count). The molecule has 1 atom stereocenters. The van der Waals surface area contributed by atoms with E-state index in [0.717, 1.165) is 38.3 Å². The summed E-state index contributed by atoms with van der Waals surface area (Å²) in [6.45, 7) is 4.73. The van der Waals surface area contributed by atoms with Crippen LogP contribution in [0.5, 0.6) is 5.75 Å². The topological polar surface area (TPSA) is 56.2 Å². The summed E-state index contributed by atoms with van der Waals surface area (Å²) in [4.78, 5) is 4.67. The van der Waals surface area contributed by atoms with Crippen molar-refractivity contribution in [1.29, 1.82) is 0 Å². The fraction of sp³-hybridized carbons (Fsp3) is 0.684. The Labute approximate surface area is 145 Å². The second kappa shape index (κ2) is 9.99. The summed E-state index contributed by atoms with van der Waals surface area (Å²) in [5.74, 6) is 1.67. The first-order valence-corrected chi connectivity index (χ1v) is 8.94. The van der Waals surface area contributed by atoms with Gasteiger partial charge in [-0.25, -0.2) is 0 Å². The van der Waals surface area contributed by atoms with Crippen LogP contribution in [0.15, 0.2) is 24.3 Å². The monoisotopic (exact) mass is 336 g/mol. The number of ether oxygens (including phenoxy) is 1. The van der Waals surface area contributed by atoms with Gasteiger partial charge in [-0.05, 0) is 56.9 Å². The van der Waals surface area contributed by atoms with Crippen molar-refractivity contribution in [3.63, 3.8) is 0 Å². The van der Waals surface area contributed by atoms with Gasteiger partial charge in [-0.3, -0.25) is 0 Å². The van der Waals surface area contributed by atoms with Crippen LogP contribution in [0.3, 0.4) is 0 Å². The van der Waals surface area contributed by atoms with Crippen molar-refractivity contribution >= 4 is 0 Å². The molecule has 2 N–H and O–H groups in total. The summed E-state index contributed by atoms with van der Waals surface area (Å²) in [5, 5.41) is 18.4. The quantitative estimate of drug-likeness (QED) is 0.710. The Morgan fingerprint density at radius 2 is 2.00 bits per heavy atom. The summed E-state index contributed by atoms with van der Waals surface area (Å²) in [6, 6.07) is 8.25. The fourth-order valence-corrected chi connectivity index (χ4v) is 3.51. The Hall–Kier alpha value is -1.14. The molecular weight excluding hydrogens is 304 g/mol. The molecule has 24 heavy (non-hydrogen) atoms. The van der Waals surface area contributed by atoms with Gasteiger partial charge in [-0.2, -0.15) is 0 Å². The maximum absolute atomic E-state index is 9.51. The molecule has 1 aliphatic rings. The number of methoxy groups -OCH3 is 1. The SMILES string of the molecule is COc1ccccc1CCN1CCC(CN(C)C[C@H](O)CO)CC1. The molecule has 0 amide bonds. The van der Waals surface area contributed by atoms with Gasteiger partial charge in [0.05, 0.1) is 19.8 Å². The highest BCUT2D eigenvalue weighted by molar-refractivity contribution is 5.33. The minimum Gasteiger partial charge on any atom is -0.496 e. The van der Waals surface area contributed by atoms with E-state index < -0.39 is 6.10 Å². The van der Waals surface area contributed by atoms with Crippen LogP contribution in [0, 0.1) is 5.92 Å². The molecule has 5 heteroatoms. The number of nitrogens with zero attached hydrogens (tertiary/aromatic N) is 2. The maximum Gasteiger partial charge on any atom is 0.122 e. The van der Waals surface area contributed by atoms with E-state index in [2.05, 4.69) is 21.9 Å². The van der Waals surface area contributed by atoms with Crippen LogP contribution in [0.1, 0.15) is 18.4 Å². The minimum absolute atomic E-state index is 0.161. The molecule has 0 saturated carbocycles. The molecule has 0 spiro atoms. The maximum atomic E-state index is 9.51. The predicted octanol–water partition coefficient (Wildman–Crippen LogP) is 1.23.